The Kier molecular flexibility index (Phi) is 5.22. The molecule has 1 aromatic rings. The number of rotatable bonds is 4. The summed E-state index contributed by atoms with van der Waals surface area (Å²) < 4.78 is 2.42. The lowest BCUT2D eigenvalue weighted by Gasteiger charge is -2.35. The van der Waals surface area contributed by atoms with Crippen LogP contribution in [0.3, 0.4) is 0 Å². The van der Waals surface area contributed by atoms with Crippen LogP contribution in [0.4, 0.5) is 5.69 Å². The molecule has 8 heteroatoms. The summed E-state index contributed by atoms with van der Waals surface area (Å²) in [6.45, 7) is 1.04. The van der Waals surface area contributed by atoms with Crippen LogP contribution in [0, 0.1) is 5.92 Å². The van der Waals surface area contributed by atoms with E-state index >= 15 is 0 Å². The first kappa shape index (κ1) is 15.9. The minimum Gasteiger partial charge on any atom is -0.481 e. The van der Waals surface area contributed by atoms with Crippen molar-refractivity contribution >= 4 is 65.4 Å². The normalized spacial score (nSPS) is 15.8. The van der Waals surface area contributed by atoms with Gasteiger partial charge in [0.25, 0.3) is 0 Å². The van der Waals surface area contributed by atoms with E-state index in [4.69, 9.17) is 5.11 Å². The molecule has 2 rings (SSSR count). The monoisotopic (exact) mass is 468 g/mol. The number of halogens is 3. The van der Waals surface area contributed by atoms with Gasteiger partial charge in [-0.25, -0.2) is 0 Å². The molecule has 1 fully saturated rings. The Morgan fingerprint density at radius 1 is 1.25 bits per heavy atom. The zero-order valence-corrected chi connectivity index (χ0v) is 15.0. The minimum atomic E-state index is -0.806. The number of aliphatic carboxylic acids is 1. The average molecular weight is 471 g/mol. The summed E-state index contributed by atoms with van der Waals surface area (Å²) in [7, 11) is 0. The highest BCUT2D eigenvalue weighted by Crippen LogP contribution is 2.34. The second kappa shape index (κ2) is 6.55. The van der Waals surface area contributed by atoms with Crippen LogP contribution in [0.2, 0.25) is 0 Å². The molecule has 0 unspecified atom stereocenters. The van der Waals surface area contributed by atoms with E-state index in [1.807, 2.05) is 12.1 Å². The number of carbonyl (C=O) groups excluding carboxylic acids is 1. The molecule has 1 aliphatic rings. The molecule has 0 spiro atoms. The summed E-state index contributed by atoms with van der Waals surface area (Å²) in [5.41, 5.74) is 0.661. The molecule has 0 radical (unpaired) electrons. The molecule has 1 saturated heterocycles. The number of anilines is 1. The highest BCUT2D eigenvalue weighted by molar-refractivity contribution is 9.11. The Balaban J connectivity index is 1.91. The number of hydrogen-bond donors (Lipinski definition) is 2. The molecule has 1 aliphatic heterocycles. The van der Waals surface area contributed by atoms with Crippen LogP contribution in [-0.2, 0) is 9.59 Å². The van der Waals surface area contributed by atoms with Crippen molar-refractivity contribution in [3.8, 4) is 0 Å². The van der Waals surface area contributed by atoms with Crippen molar-refractivity contribution in [3.63, 3.8) is 0 Å². The summed E-state index contributed by atoms with van der Waals surface area (Å²) in [4.78, 5) is 24.4. The fourth-order valence-corrected chi connectivity index (χ4v) is 4.36. The molecular weight excluding hydrogens is 460 g/mol. The van der Waals surface area contributed by atoms with Crippen LogP contribution in [0.15, 0.2) is 25.6 Å². The molecule has 1 heterocycles. The van der Waals surface area contributed by atoms with Gasteiger partial charge in [-0.05, 0) is 44.0 Å². The molecule has 5 nitrogen and oxygen atoms in total. The summed E-state index contributed by atoms with van der Waals surface area (Å²) in [6.07, 6.45) is 0. The molecule has 2 N–H and O–H groups in total. The first-order chi connectivity index (χ1) is 9.36. The summed E-state index contributed by atoms with van der Waals surface area (Å²) in [5, 5.41) is 11.6. The van der Waals surface area contributed by atoms with Crippen molar-refractivity contribution in [2.24, 2.45) is 5.92 Å². The van der Waals surface area contributed by atoms with Crippen LogP contribution < -0.4 is 5.32 Å². The van der Waals surface area contributed by atoms with E-state index in [0.29, 0.717) is 18.8 Å². The molecule has 20 heavy (non-hydrogen) atoms. The Hall–Kier alpha value is -0.440. The maximum atomic E-state index is 11.9. The number of nitrogens with one attached hydrogen (secondary N) is 1. The van der Waals surface area contributed by atoms with Crippen molar-refractivity contribution in [2.75, 3.05) is 25.0 Å². The van der Waals surface area contributed by atoms with Crippen LogP contribution in [0.5, 0.6) is 0 Å². The zero-order chi connectivity index (χ0) is 14.9. The standard InChI is InChI=1S/C12H11Br3N2O3/c13-7-1-8(14)11(9(15)2-7)16-10(18)5-17-3-6(4-17)12(19)20/h1-2,6H,3-5H2,(H,16,18)(H,19,20). The molecule has 0 aliphatic carbocycles. The van der Waals surface area contributed by atoms with Gasteiger partial charge in [0.2, 0.25) is 5.91 Å². The van der Waals surface area contributed by atoms with Gasteiger partial charge < -0.3 is 10.4 Å². The predicted molar refractivity (Wildman–Crippen MR) is 85.7 cm³/mol. The third kappa shape index (κ3) is 3.81. The van der Waals surface area contributed by atoms with Gasteiger partial charge >= 0.3 is 5.97 Å². The Morgan fingerprint density at radius 3 is 2.30 bits per heavy atom. The Labute approximate surface area is 141 Å². The smallest absolute Gasteiger partial charge is 0.309 e. The third-order valence-electron chi connectivity index (χ3n) is 2.94. The van der Waals surface area contributed by atoms with E-state index < -0.39 is 5.97 Å². The Morgan fingerprint density at radius 2 is 1.80 bits per heavy atom. The molecule has 0 aromatic heterocycles. The van der Waals surface area contributed by atoms with Crippen molar-refractivity contribution in [1.82, 2.24) is 4.90 Å². The lowest BCUT2D eigenvalue weighted by atomic mass is 10.0. The van der Waals surface area contributed by atoms with Crippen molar-refractivity contribution in [3.05, 3.63) is 25.6 Å². The molecule has 1 amide bonds. The molecular formula is C12H11Br3N2O3. The number of likely N-dealkylation sites (tertiary alicyclic amines) is 1. The van der Waals surface area contributed by atoms with Crippen molar-refractivity contribution in [2.45, 2.75) is 0 Å². The SMILES string of the molecule is O=C(CN1CC(C(=O)O)C1)Nc1c(Br)cc(Br)cc1Br. The molecule has 0 saturated carbocycles. The fraction of sp³-hybridized carbons (Fsp3) is 0.333. The van der Waals surface area contributed by atoms with Crippen LogP contribution in [0.1, 0.15) is 0 Å². The van der Waals surface area contributed by atoms with E-state index in [9.17, 15) is 9.59 Å². The molecule has 0 atom stereocenters. The predicted octanol–water partition coefficient (Wildman–Crippen LogP) is 2.93. The van der Waals surface area contributed by atoms with Gasteiger partial charge in [-0.15, -0.1) is 0 Å². The quantitative estimate of drug-likeness (QED) is 0.710. The van der Waals surface area contributed by atoms with E-state index in [1.165, 1.54) is 0 Å². The van der Waals surface area contributed by atoms with Crippen LogP contribution in [0.25, 0.3) is 0 Å². The van der Waals surface area contributed by atoms with Crippen molar-refractivity contribution < 1.29 is 14.7 Å². The second-order valence-electron chi connectivity index (χ2n) is 4.52. The summed E-state index contributed by atoms with van der Waals surface area (Å²) in [6, 6.07) is 3.68. The lowest BCUT2D eigenvalue weighted by Crippen LogP contribution is -2.52. The maximum Gasteiger partial charge on any atom is 0.309 e. The van der Waals surface area contributed by atoms with Gasteiger partial charge in [0.05, 0.1) is 18.2 Å². The molecule has 1 aromatic carbocycles. The van der Waals surface area contributed by atoms with Gasteiger partial charge in [0, 0.05) is 26.5 Å². The van der Waals surface area contributed by atoms with Gasteiger partial charge in [0.15, 0.2) is 0 Å². The van der Waals surface area contributed by atoms with Gasteiger partial charge in [0.1, 0.15) is 0 Å². The third-order valence-corrected chi connectivity index (χ3v) is 4.65. The highest BCUT2D eigenvalue weighted by atomic mass is 79.9. The lowest BCUT2D eigenvalue weighted by molar-refractivity contribution is -0.148. The average Bonchev–Trinajstić information content (AvgIpc) is 2.27. The van der Waals surface area contributed by atoms with Gasteiger partial charge in [-0.1, -0.05) is 15.9 Å². The topological polar surface area (TPSA) is 69.6 Å². The second-order valence-corrected chi connectivity index (χ2v) is 7.15. The summed E-state index contributed by atoms with van der Waals surface area (Å²) >= 11 is 10.1. The van der Waals surface area contributed by atoms with E-state index in [-0.39, 0.29) is 18.4 Å². The minimum absolute atomic E-state index is 0.169. The highest BCUT2D eigenvalue weighted by Gasteiger charge is 2.33. The van der Waals surface area contributed by atoms with E-state index in [1.54, 1.807) is 4.90 Å². The number of nitrogens with zero attached hydrogens (tertiary/aromatic N) is 1. The van der Waals surface area contributed by atoms with Crippen LogP contribution >= 0.6 is 47.8 Å². The zero-order valence-electron chi connectivity index (χ0n) is 10.2. The number of carbonyl (C=O) groups is 2. The number of carboxylic acids is 1. The van der Waals surface area contributed by atoms with Crippen molar-refractivity contribution in [1.29, 1.82) is 0 Å². The summed E-state index contributed by atoms with van der Waals surface area (Å²) in [5.74, 6) is -1.33. The number of amides is 1. The van der Waals surface area contributed by atoms with Gasteiger partial charge in [-0.2, -0.15) is 0 Å². The van der Waals surface area contributed by atoms with E-state index in [2.05, 4.69) is 53.1 Å². The van der Waals surface area contributed by atoms with Crippen LogP contribution in [-0.4, -0.2) is 41.5 Å². The molecule has 108 valence electrons. The molecule has 0 bridgehead atoms. The number of benzene rings is 1. The largest absolute Gasteiger partial charge is 0.481 e. The maximum absolute atomic E-state index is 11.9. The van der Waals surface area contributed by atoms with E-state index in [0.717, 1.165) is 13.4 Å². The first-order valence-corrected chi connectivity index (χ1v) is 8.14. The number of carboxylic acid groups (broad SMARTS) is 1. The van der Waals surface area contributed by atoms with Gasteiger partial charge in [-0.3, -0.25) is 14.5 Å². The number of hydrogen-bond acceptors (Lipinski definition) is 3. The fourth-order valence-electron chi connectivity index (χ4n) is 1.90. The Bertz CT molecular complexity index is 536. The first-order valence-electron chi connectivity index (χ1n) is 5.76.